The number of nitrogens with one attached hydrogen (secondary N) is 1. The Bertz CT molecular complexity index is 610. The summed E-state index contributed by atoms with van der Waals surface area (Å²) in [4.78, 5) is 8.10. The molecule has 5 nitrogen and oxygen atoms in total. The molecule has 0 atom stereocenters. The molecule has 1 N–H and O–H groups in total. The van der Waals surface area contributed by atoms with Crippen LogP contribution in [0.3, 0.4) is 0 Å². The first-order chi connectivity index (χ1) is 10.1. The lowest BCUT2D eigenvalue weighted by molar-refractivity contribution is 0.363. The summed E-state index contributed by atoms with van der Waals surface area (Å²) < 4.78 is 11.2. The molecule has 0 saturated heterocycles. The number of aromatic nitrogens is 2. The normalized spacial score (nSPS) is 10.3. The topological polar surface area (TPSA) is 56.3 Å². The number of methoxy groups -OCH3 is 2. The van der Waals surface area contributed by atoms with Gasteiger partial charge in [-0.25, -0.2) is 9.97 Å². The minimum Gasteiger partial charge on any atom is -0.481 e. The fraction of sp³-hybridized carbons (Fsp3) is 0.231. The fourth-order valence-corrected chi connectivity index (χ4v) is 3.11. The van der Waals surface area contributed by atoms with Gasteiger partial charge in [0, 0.05) is 4.47 Å². The monoisotopic (exact) mass is 391 g/mol. The van der Waals surface area contributed by atoms with Gasteiger partial charge in [-0.1, -0.05) is 39.1 Å². The van der Waals surface area contributed by atoms with Gasteiger partial charge >= 0.3 is 0 Å². The molecule has 0 aliphatic carbocycles. The van der Waals surface area contributed by atoms with E-state index in [4.69, 9.17) is 32.7 Å². The Morgan fingerprint density at radius 2 is 1.62 bits per heavy atom. The van der Waals surface area contributed by atoms with Crippen molar-refractivity contribution in [2.24, 2.45) is 0 Å². The van der Waals surface area contributed by atoms with Crippen LogP contribution in [0.15, 0.2) is 22.9 Å². The summed E-state index contributed by atoms with van der Waals surface area (Å²) in [7, 11) is 3.07. The van der Waals surface area contributed by atoms with E-state index in [0.29, 0.717) is 39.6 Å². The van der Waals surface area contributed by atoms with Gasteiger partial charge in [0.2, 0.25) is 11.8 Å². The highest BCUT2D eigenvalue weighted by Gasteiger charge is 2.14. The second-order valence-electron chi connectivity index (χ2n) is 3.97. The van der Waals surface area contributed by atoms with Crippen LogP contribution in [-0.2, 0) is 6.54 Å². The molecule has 2 aromatic rings. The quantitative estimate of drug-likeness (QED) is 0.827. The number of benzene rings is 1. The second kappa shape index (κ2) is 7.15. The van der Waals surface area contributed by atoms with E-state index in [1.807, 2.05) is 0 Å². The molecular formula is C13H12BrCl2N3O2. The first kappa shape index (κ1) is 16.1. The van der Waals surface area contributed by atoms with Crippen molar-refractivity contribution in [3.05, 3.63) is 38.5 Å². The van der Waals surface area contributed by atoms with Crippen molar-refractivity contribution in [2.45, 2.75) is 6.54 Å². The van der Waals surface area contributed by atoms with Crippen molar-refractivity contribution in [3.8, 4) is 11.8 Å². The zero-order valence-corrected chi connectivity index (χ0v) is 14.4. The van der Waals surface area contributed by atoms with Crippen molar-refractivity contribution in [2.75, 3.05) is 19.5 Å². The van der Waals surface area contributed by atoms with Gasteiger partial charge in [0.05, 0.1) is 42.1 Å². The third kappa shape index (κ3) is 3.70. The van der Waals surface area contributed by atoms with Crippen LogP contribution in [0.1, 0.15) is 5.56 Å². The SMILES string of the molecule is COc1ncnc(OC)c1CNc1c(Cl)cc(Br)cc1Cl. The summed E-state index contributed by atoms with van der Waals surface area (Å²) in [5.74, 6) is 0.859. The van der Waals surface area contributed by atoms with E-state index in [-0.39, 0.29) is 0 Å². The minimum absolute atomic E-state index is 0.355. The summed E-state index contributed by atoms with van der Waals surface area (Å²) in [6, 6.07) is 3.51. The Balaban J connectivity index is 2.28. The van der Waals surface area contributed by atoms with Crippen molar-refractivity contribution in [3.63, 3.8) is 0 Å². The average molecular weight is 393 g/mol. The Kier molecular flexibility index (Phi) is 5.50. The summed E-state index contributed by atoms with van der Waals surface area (Å²) in [6.07, 6.45) is 1.38. The maximum atomic E-state index is 6.18. The molecule has 0 spiro atoms. The van der Waals surface area contributed by atoms with Crippen molar-refractivity contribution < 1.29 is 9.47 Å². The molecule has 0 saturated carbocycles. The van der Waals surface area contributed by atoms with E-state index in [1.54, 1.807) is 12.1 Å². The highest BCUT2D eigenvalue weighted by molar-refractivity contribution is 9.10. The predicted molar refractivity (Wildman–Crippen MR) is 86.6 cm³/mol. The molecule has 1 heterocycles. The molecule has 1 aromatic heterocycles. The molecule has 0 aliphatic heterocycles. The molecule has 2 rings (SSSR count). The number of halogens is 3. The Hall–Kier alpha value is -1.24. The highest BCUT2D eigenvalue weighted by Crippen LogP contribution is 2.35. The van der Waals surface area contributed by atoms with Gasteiger partial charge in [0.1, 0.15) is 6.33 Å². The van der Waals surface area contributed by atoms with Crippen LogP contribution in [0.2, 0.25) is 10.0 Å². The number of hydrogen-bond acceptors (Lipinski definition) is 5. The molecule has 112 valence electrons. The largest absolute Gasteiger partial charge is 0.481 e. The molecule has 0 fully saturated rings. The number of rotatable bonds is 5. The predicted octanol–water partition coefficient (Wildman–Crippen LogP) is 4.18. The van der Waals surface area contributed by atoms with Gasteiger partial charge in [-0.2, -0.15) is 0 Å². The first-order valence-electron chi connectivity index (χ1n) is 5.87. The first-order valence-corrected chi connectivity index (χ1v) is 7.42. The van der Waals surface area contributed by atoms with Crippen molar-refractivity contribution in [1.29, 1.82) is 0 Å². The Morgan fingerprint density at radius 1 is 1.10 bits per heavy atom. The van der Waals surface area contributed by atoms with Crippen LogP contribution in [0.4, 0.5) is 5.69 Å². The van der Waals surface area contributed by atoms with Gasteiger partial charge in [-0.3, -0.25) is 0 Å². The standard InChI is InChI=1S/C13H12BrCl2N3O2/c1-20-12-8(13(21-2)19-6-18-12)5-17-11-9(15)3-7(14)4-10(11)16/h3-4,6,17H,5H2,1-2H3. The fourth-order valence-electron chi connectivity index (χ4n) is 1.77. The number of ether oxygens (including phenoxy) is 2. The van der Waals surface area contributed by atoms with Crippen LogP contribution in [-0.4, -0.2) is 24.2 Å². The molecule has 8 heteroatoms. The Labute approximate surface area is 140 Å². The van der Waals surface area contributed by atoms with Crippen LogP contribution < -0.4 is 14.8 Å². The summed E-state index contributed by atoms with van der Waals surface area (Å²) in [5, 5.41) is 4.16. The van der Waals surface area contributed by atoms with Crippen LogP contribution >= 0.6 is 39.1 Å². The van der Waals surface area contributed by atoms with Gasteiger partial charge < -0.3 is 14.8 Å². The van der Waals surface area contributed by atoms with E-state index in [0.717, 1.165) is 4.47 Å². The molecule has 1 aromatic carbocycles. The number of nitrogens with zero attached hydrogens (tertiary/aromatic N) is 2. The van der Waals surface area contributed by atoms with E-state index in [2.05, 4.69) is 31.2 Å². The van der Waals surface area contributed by atoms with Crippen LogP contribution in [0.5, 0.6) is 11.8 Å². The average Bonchev–Trinajstić information content (AvgIpc) is 2.45. The van der Waals surface area contributed by atoms with Crippen LogP contribution in [0.25, 0.3) is 0 Å². The van der Waals surface area contributed by atoms with Gasteiger partial charge in [-0.05, 0) is 12.1 Å². The smallest absolute Gasteiger partial charge is 0.225 e. The van der Waals surface area contributed by atoms with Gasteiger partial charge in [-0.15, -0.1) is 0 Å². The molecule has 0 aliphatic rings. The van der Waals surface area contributed by atoms with Crippen LogP contribution in [0, 0.1) is 0 Å². The lowest BCUT2D eigenvalue weighted by atomic mass is 10.2. The zero-order valence-electron chi connectivity index (χ0n) is 11.3. The number of hydrogen-bond donors (Lipinski definition) is 1. The van der Waals surface area contributed by atoms with Crippen molar-refractivity contribution in [1.82, 2.24) is 9.97 Å². The second-order valence-corrected chi connectivity index (χ2v) is 5.70. The lowest BCUT2D eigenvalue weighted by Gasteiger charge is -2.14. The maximum absolute atomic E-state index is 6.18. The molecule has 0 unspecified atom stereocenters. The molecular weight excluding hydrogens is 381 g/mol. The van der Waals surface area contributed by atoms with Crippen molar-refractivity contribution >= 4 is 44.8 Å². The molecule has 0 bridgehead atoms. The number of anilines is 1. The lowest BCUT2D eigenvalue weighted by Crippen LogP contribution is -2.07. The maximum Gasteiger partial charge on any atom is 0.225 e. The highest BCUT2D eigenvalue weighted by atomic mass is 79.9. The molecule has 0 amide bonds. The Morgan fingerprint density at radius 3 is 2.10 bits per heavy atom. The molecule has 0 radical (unpaired) electrons. The third-order valence-corrected chi connectivity index (χ3v) is 3.76. The summed E-state index contributed by atoms with van der Waals surface area (Å²) in [6.45, 7) is 0.355. The zero-order chi connectivity index (χ0) is 15.4. The van der Waals surface area contributed by atoms with E-state index < -0.39 is 0 Å². The van der Waals surface area contributed by atoms with Gasteiger partial charge in [0.25, 0.3) is 0 Å². The minimum atomic E-state index is 0.355. The van der Waals surface area contributed by atoms with Gasteiger partial charge in [0.15, 0.2) is 0 Å². The van der Waals surface area contributed by atoms with E-state index >= 15 is 0 Å². The molecule has 21 heavy (non-hydrogen) atoms. The summed E-state index contributed by atoms with van der Waals surface area (Å²) >= 11 is 15.7. The van der Waals surface area contributed by atoms with E-state index in [9.17, 15) is 0 Å². The summed E-state index contributed by atoms with van der Waals surface area (Å²) in [5.41, 5.74) is 1.30. The van der Waals surface area contributed by atoms with E-state index in [1.165, 1.54) is 20.5 Å². The third-order valence-electron chi connectivity index (χ3n) is 2.70.